The Bertz CT molecular complexity index is 487. The number of carbonyl (C=O) groups is 1. The number of aromatic nitrogens is 3. The van der Waals surface area contributed by atoms with Crippen molar-refractivity contribution in [3.63, 3.8) is 0 Å². The van der Waals surface area contributed by atoms with Crippen LogP contribution >= 0.6 is 0 Å². The molecule has 0 radical (unpaired) electrons. The van der Waals surface area contributed by atoms with Gasteiger partial charge in [0.05, 0.1) is 18.1 Å². The molecule has 0 saturated carbocycles. The molecule has 0 spiro atoms. The van der Waals surface area contributed by atoms with Crippen molar-refractivity contribution in [2.75, 3.05) is 5.73 Å². The normalized spacial score (nSPS) is 10.1. The molecule has 6 heteroatoms. The van der Waals surface area contributed by atoms with Gasteiger partial charge in [-0.3, -0.25) is 9.67 Å². The summed E-state index contributed by atoms with van der Waals surface area (Å²) < 4.78 is 6.45. The maximum Gasteiger partial charge on any atom is 0.364 e. The Balaban J connectivity index is 2.22. The van der Waals surface area contributed by atoms with E-state index < -0.39 is 5.97 Å². The van der Waals surface area contributed by atoms with E-state index in [2.05, 4.69) is 10.1 Å². The van der Waals surface area contributed by atoms with Gasteiger partial charge in [0, 0.05) is 13.2 Å². The lowest BCUT2D eigenvalue weighted by Crippen LogP contribution is -2.15. The van der Waals surface area contributed by atoms with Crippen molar-refractivity contribution in [2.45, 2.75) is 0 Å². The Morgan fingerprint density at radius 3 is 2.88 bits per heavy atom. The number of nitrogens with zero attached hydrogens (tertiary/aromatic N) is 3. The smallest absolute Gasteiger partial charge is 0.364 e. The fourth-order valence-electron chi connectivity index (χ4n) is 1.27. The third-order valence-electron chi connectivity index (χ3n) is 2.01. The molecule has 0 aliphatic rings. The van der Waals surface area contributed by atoms with Crippen LogP contribution in [-0.2, 0) is 7.05 Å². The van der Waals surface area contributed by atoms with Crippen molar-refractivity contribution >= 4 is 11.7 Å². The average molecular weight is 218 g/mol. The van der Waals surface area contributed by atoms with Gasteiger partial charge in [0.2, 0.25) is 0 Å². The molecule has 6 nitrogen and oxygen atoms in total. The molecular weight excluding hydrogens is 208 g/mol. The Kier molecular flexibility index (Phi) is 2.55. The SMILES string of the molecule is Cn1ncc(N)c1C(=O)Oc1cccnc1. The first kappa shape index (κ1) is 10.2. The van der Waals surface area contributed by atoms with Gasteiger partial charge in [-0.05, 0) is 12.1 Å². The first-order valence-electron chi connectivity index (χ1n) is 4.58. The molecule has 0 unspecified atom stereocenters. The van der Waals surface area contributed by atoms with Crippen LogP contribution < -0.4 is 10.5 Å². The molecule has 0 aliphatic heterocycles. The number of ether oxygens (including phenoxy) is 1. The van der Waals surface area contributed by atoms with E-state index >= 15 is 0 Å². The van der Waals surface area contributed by atoms with E-state index in [0.717, 1.165) is 0 Å². The first-order valence-corrected chi connectivity index (χ1v) is 4.58. The van der Waals surface area contributed by atoms with E-state index in [1.54, 1.807) is 25.4 Å². The number of aryl methyl sites for hydroxylation is 1. The van der Waals surface area contributed by atoms with E-state index in [1.165, 1.54) is 17.1 Å². The Morgan fingerprint density at radius 2 is 2.31 bits per heavy atom. The van der Waals surface area contributed by atoms with Crippen LogP contribution in [0.3, 0.4) is 0 Å². The Hall–Kier alpha value is -2.37. The Morgan fingerprint density at radius 1 is 1.50 bits per heavy atom. The maximum absolute atomic E-state index is 11.7. The molecule has 0 saturated heterocycles. The molecule has 0 atom stereocenters. The number of rotatable bonds is 2. The van der Waals surface area contributed by atoms with Gasteiger partial charge < -0.3 is 10.5 Å². The van der Waals surface area contributed by atoms with Crippen LogP contribution in [0, 0.1) is 0 Å². The third kappa shape index (κ3) is 1.85. The summed E-state index contributed by atoms with van der Waals surface area (Å²) >= 11 is 0. The highest BCUT2D eigenvalue weighted by atomic mass is 16.5. The van der Waals surface area contributed by atoms with Crippen molar-refractivity contribution in [2.24, 2.45) is 7.05 Å². The monoisotopic (exact) mass is 218 g/mol. The second kappa shape index (κ2) is 4.01. The predicted octanol–water partition coefficient (Wildman–Crippen LogP) is 0.617. The lowest BCUT2D eigenvalue weighted by atomic mass is 10.4. The zero-order valence-corrected chi connectivity index (χ0v) is 8.62. The number of esters is 1. The Labute approximate surface area is 91.7 Å². The molecule has 0 aliphatic carbocycles. The zero-order chi connectivity index (χ0) is 11.5. The summed E-state index contributed by atoms with van der Waals surface area (Å²) in [5.41, 5.74) is 6.11. The van der Waals surface area contributed by atoms with Crippen LogP contribution in [0.15, 0.2) is 30.7 Å². The molecule has 2 aromatic rings. The minimum Gasteiger partial charge on any atom is -0.420 e. The quantitative estimate of drug-likeness (QED) is 0.747. The number of carbonyl (C=O) groups excluding carboxylic acids is 1. The summed E-state index contributed by atoms with van der Waals surface area (Å²) in [5, 5.41) is 3.85. The van der Waals surface area contributed by atoms with E-state index in [1.807, 2.05) is 0 Å². The lowest BCUT2D eigenvalue weighted by molar-refractivity contribution is 0.0724. The highest BCUT2D eigenvalue weighted by Crippen LogP contribution is 2.14. The fraction of sp³-hybridized carbons (Fsp3) is 0.100. The van der Waals surface area contributed by atoms with E-state index in [0.29, 0.717) is 5.75 Å². The number of nitrogens with two attached hydrogens (primary N) is 1. The number of pyridine rings is 1. The van der Waals surface area contributed by atoms with Gasteiger partial charge in [0.15, 0.2) is 5.69 Å². The maximum atomic E-state index is 11.7. The minimum absolute atomic E-state index is 0.226. The van der Waals surface area contributed by atoms with Gasteiger partial charge in [0.25, 0.3) is 0 Å². The fourth-order valence-corrected chi connectivity index (χ4v) is 1.27. The van der Waals surface area contributed by atoms with Crippen molar-refractivity contribution < 1.29 is 9.53 Å². The molecule has 2 heterocycles. The van der Waals surface area contributed by atoms with Crippen LogP contribution in [0.1, 0.15) is 10.5 Å². The standard InChI is InChI=1S/C10H10N4O2/c1-14-9(8(11)6-13-14)10(15)16-7-3-2-4-12-5-7/h2-6H,11H2,1H3. The number of anilines is 1. The number of nitrogen functional groups attached to an aromatic ring is 1. The molecule has 2 aromatic heterocycles. The largest absolute Gasteiger partial charge is 0.420 e. The van der Waals surface area contributed by atoms with Crippen LogP contribution in [-0.4, -0.2) is 20.7 Å². The molecule has 0 bridgehead atoms. The van der Waals surface area contributed by atoms with Gasteiger partial charge in [0.1, 0.15) is 5.75 Å². The minimum atomic E-state index is -0.550. The number of hydrogen-bond acceptors (Lipinski definition) is 5. The van der Waals surface area contributed by atoms with E-state index in [9.17, 15) is 4.79 Å². The average Bonchev–Trinajstić information content (AvgIpc) is 2.60. The zero-order valence-electron chi connectivity index (χ0n) is 8.62. The number of hydrogen-bond donors (Lipinski definition) is 1. The highest BCUT2D eigenvalue weighted by molar-refractivity contribution is 5.94. The summed E-state index contributed by atoms with van der Waals surface area (Å²) in [6, 6.07) is 3.31. The van der Waals surface area contributed by atoms with Crippen LogP contribution in [0.2, 0.25) is 0 Å². The van der Waals surface area contributed by atoms with Crippen LogP contribution in [0.5, 0.6) is 5.75 Å². The molecule has 2 N–H and O–H groups in total. The van der Waals surface area contributed by atoms with Crippen molar-refractivity contribution in [3.05, 3.63) is 36.4 Å². The summed E-state index contributed by atoms with van der Waals surface area (Å²) in [5.74, 6) is -0.182. The molecular formula is C10H10N4O2. The summed E-state index contributed by atoms with van der Waals surface area (Å²) in [6.07, 6.45) is 4.44. The van der Waals surface area contributed by atoms with Gasteiger partial charge in [-0.25, -0.2) is 4.79 Å². The van der Waals surface area contributed by atoms with Gasteiger partial charge in [-0.15, -0.1) is 0 Å². The topological polar surface area (TPSA) is 83.0 Å². The molecule has 16 heavy (non-hydrogen) atoms. The second-order valence-electron chi connectivity index (χ2n) is 3.15. The van der Waals surface area contributed by atoms with Crippen molar-refractivity contribution in [3.8, 4) is 5.75 Å². The highest BCUT2D eigenvalue weighted by Gasteiger charge is 2.17. The lowest BCUT2D eigenvalue weighted by Gasteiger charge is -2.04. The molecule has 82 valence electrons. The molecule has 0 amide bonds. The van der Waals surface area contributed by atoms with Crippen LogP contribution in [0.4, 0.5) is 5.69 Å². The van der Waals surface area contributed by atoms with Crippen LogP contribution in [0.25, 0.3) is 0 Å². The van der Waals surface area contributed by atoms with Gasteiger partial charge in [-0.1, -0.05) is 0 Å². The van der Waals surface area contributed by atoms with Crippen molar-refractivity contribution in [1.82, 2.24) is 14.8 Å². The van der Waals surface area contributed by atoms with E-state index in [4.69, 9.17) is 10.5 Å². The predicted molar refractivity (Wildman–Crippen MR) is 56.8 cm³/mol. The molecule has 2 rings (SSSR count). The van der Waals surface area contributed by atoms with Crippen molar-refractivity contribution in [1.29, 1.82) is 0 Å². The summed E-state index contributed by atoms with van der Waals surface area (Å²) in [4.78, 5) is 15.6. The first-order chi connectivity index (χ1) is 7.68. The van der Waals surface area contributed by atoms with Gasteiger partial charge in [-0.2, -0.15) is 5.10 Å². The summed E-state index contributed by atoms with van der Waals surface area (Å²) in [6.45, 7) is 0. The van der Waals surface area contributed by atoms with Gasteiger partial charge >= 0.3 is 5.97 Å². The molecule has 0 fully saturated rings. The third-order valence-corrected chi connectivity index (χ3v) is 2.01. The summed E-state index contributed by atoms with van der Waals surface area (Å²) in [7, 11) is 1.62. The second-order valence-corrected chi connectivity index (χ2v) is 3.15. The molecule has 0 aromatic carbocycles. The van der Waals surface area contributed by atoms with E-state index in [-0.39, 0.29) is 11.4 Å².